The van der Waals surface area contributed by atoms with E-state index in [0.717, 1.165) is 5.39 Å². The first-order valence-electron chi connectivity index (χ1n) is 10.0. The van der Waals surface area contributed by atoms with Crippen LogP contribution in [-0.4, -0.2) is 20.8 Å². The average Bonchev–Trinajstić information content (AvgIpc) is 3.22. The molecule has 0 radical (unpaired) electrons. The first kappa shape index (κ1) is 23.3. The molecule has 0 unspecified atom stereocenters. The number of amides is 1. The summed E-state index contributed by atoms with van der Waals surface area (Å²) in [4.78, 5) is 21.4. The molecule has 4 nitrogen and oxygen atoms in total. The van der Waals surface area contributed by atoms with Crippen LogP contribution in [0.5, 0.6) is 0 Å². The minimum Gasteiger partial charge on any atom is -0.351 e. The normalized spacial score (nSPS) is 12.2. The number of rotatable bonds is 5. The Balaban J connectivity index is 1.74. The molecule has 1 N–H and O–H groups in total. The summed E-state index contributed by atoms with van der Waals surface area (Å²) in [6.45, 7) is -0.516. The minimum absolute atomic E-state index is 0.0473. The maximum absolute atomic E-state index is 13.3. The fraction of sp³-hybridized carbons (Fsp3) is 0.167. The molecular formula is C24H17F6N3O. The number of halogens is 6. The van der Waals surface area contributed by atoms with Crippen LogP contribution in [-0.2, 0) is 25.4 Å². The third-order valence-corrected chi connectivity index (χ3v) is 5.19. The van der Waals surface area contributed by atoms with E-state index in [0.29, 0.717) is 23.2 Å². The lowest BCUT2D eigenvalue weighted by Crippen LogP contribution is -2.30. The molecule has 2 aromatic heterocycles. The predicted molar refractivity (Wildman–Crippen MR) is 113 cm³/mol. The van der Waals surface area contributed by atoms with Crippen molar-refractivity contribution in [2.75, 3.05) is 0 Å². The molecule has 176 valence electrons. The fourth-order valence-electron chi connectivity index (χ4n) is 3.60. The number of para-hydroxylation sites is 1. The van der Waals surface area contributed by atoms with Gasteiger partial charge in [-0.05, 0) is 53.6 Å². The van der Waals surface area contributed by atoms with Crippen LogP contribution in [0.15, 0.2) is 73.1 Å². The molecule has 0 saturated carbocycles. The van der Waals surface area contributed by atoms with Crippen molar-refractivity contribution in [1.29, 1.82) is 0 Å². The SMILES string of the molecule is O=C(c1cc2ccccc2[nH]1)N(Cc1ccncc1)Cc1cc(C(F)(F)F)cc(C(F)(F)F)c1. The summed E-state index contributed by atoms with van der Waals surface area (Å²) >= 11 is 0. The van der Waals surface area contributed by atoms with E-state index in [1.165, 1.54) is 17.3 Å². The monoisotopic (exact) mass is 477 g/mol. The number of carbonyl (C=O) groups is 1. The number of fused-ring (bicyclic) bond motifs is 1. The quantitative estimate of drug-likeness (QED) is 0.336. The molecule has 1 amide bonds. The molecule has 0 aliphatic heterocycles. The topological polar surface area (TPSA) is 49.0 Å². The van der Waals surface area contributed by atoms with Gasteiger partial charge in [-0.3, -0.25) is 9.78 Å². The number of alkyl halides is 6. The smallest absolute Gasteiger partial charge is 0.351 e. The van der Waals surface area contributed by atoms with Gasteiger partial charge in [0.15, 0.2) is 0 Å². The Morgan fingerprint density at radius 2 is 1.38 bits per heavy atom. The maximum atomic E-state index is 13.3. The van der Waals surface area contributed by atoms with Crippen molar-refractivity contribution in [2.45, 2.75) is 25.4 Å². The van der Waals surface area contributed by atoms with E-state index in [4.69, 9.17) is 0 Å². The second kappa shape index (κ2) is 8.85. The maximum Gasteiger partial charge on any atom is 0.416 e. The van der Waals surface area contributed by atoms with Crippen LogP contribution in [0, 0.1) is 0 Å². The van der Waals surface area contributed by atoms with Gasteiger partial charge in [0.05, 0.1) is 11.1 Å². The summed E-state index contributed by atoms with van der Waals surface area (Å²) in [7, 11) is 0. The zero-order chi connectivity index (χ0) is 24.5. The van der Waals surface area contributed by atoms with E-state index in [2.05, 4.69) is 9.97 Å². The molecule has 0 aliphatic rings. The van der Waals surface area contributed by atoms with Gasteiger partial charge in [0.25, 0.3) is 5.91 Å². The molecule has 4 rings (SSSR count). The third kappa shape index (κ3) is 5.22. The van der Waals surface area contributed by atoms with Gasteiger partial charge < -0.3 is 9.88 Å². The van der Waals surface area contributed by atoms with Crippen molar-refractivity contribution in [3.8, 4) is 0 Å². The van der Waals surface area contributed by atoms with Crippen molar-refractivity contribution in [1.82, 2.24) is 14.9 Å². The number of nitrogens with one attached hydrogen (secondary N) is 1. The zero-order valence-corrected chi connectivity index (χ0v) is 17.4. The molecular weight excluding hydrogens is 460 g/mol. The van der Waals surface area contributed by atoms with Crippen LogP contribution in [0.3, 0.4) is 0 Å². The Morgan fingerprint density at radius 1 is 0.794 bits per heavy atom. The van der Waals surface area contributed by atoms with Gasteiger partial charge >= 0.3 is 12.4 Å². The van der Waals surface area contributed by atoms with Crippen LogP contribution < -0.4 is 0 Å². The van der Waals surface area contributed by atoms with Gasteiger partial charge in [-0.1, -0.05) is 18.2 Å². The lowest BCUT2D eigenvalue weighted by molar-refractivity contribution is -0.143. The van der Waals surface area contributed by atoms with Crippen molar-refractivity contribution in [3.63, 3.8) is 0 Å². The Hall–Kier alpha value is -3.82. The van der Waals surface area contributed by atoms with E-state index < -0.39 is 35.9 Å². The van der Waals surface area contributed by atoms with Crippen LogP contribution >= 0.6 is 0 Å². The lowest BCUT2D eigenvalue weighted by atomic mass is 10.0. The average molecular weight is 477 g/mol. The number of hydrogen-bond donors (Lipinski definition) is 1. The lowest BCUT2D eigenvalue weighted by Gasteiger charge is -2.24. The van der Waals surface area contributed by atoms with Crippen molar-refractivity contribution in [3.05, 3.63) is 101 Å². The number of H-pyrrole nitrogens is 1. The molecule has 0 saturated heterocycles. The highest BCUT2D eigenvalue weighted by atomic mass is 19.4. The number of aromatic nitrogens is 2. The van der Waals surface area contributed by atoms with Gasteiger partial charge in [-0.2, -0.15) is 26.3 Å². The second-order valence-electron chi connectivity index (χ2n) is 7.70. The summed E-state index contributed by atoms with van der Waals surface area (Å²) in [6.07, 6.45) is -7.00. The van der Waals surface area contributed by atoms with E-state index in [1.54, 1.807) is 42.5 Å². The Kier molecular flexibility index (Phi) is 6.07. The van der Waals surface area contributed by atoms with Gasteiger partial charge in [-0.25, -0.2) is 0 Å². The molecule has 0 spiro atoms. The molecule has 2 heterocycles. The van der Waals surface area contributed by atoms with Crippen molar-refractivity contribution in [2.24, 2.45) is 0 Å². The minimum atomic E-state index is -4.98. The molecule has 10 heteroatoms. The molecule has 0 bridgehead atoms. The molecule has 2 aromatic carbocycles. The van der Waals surface area contributed by atoms with Gasteiger partial charge in [-0.15, -0.1) is 0 Å². The number of nitrogens with zero attached hydrogens (tertiary/aromatic N) is 2. The largest absolute Gasteiger partial charge is 0.416 e. The highest BCUT2D eigenvalue weighted by molar-refractivity contribution is 5.98. The second-order valence-corrected chi connectivity index (χ2v) is 7.70. The van der Waals surface area contributed by atoms with Gasteiger partial charge in [0.1, 0.15) is 5.69 Å². The van der Waals surface area contributed by atoms with Gasteiger partial charge in [0.2, 0.25) is 0 Å². The number of benzene rings is 2. The van der Waals surface area contributed by atoms with E-state index >= 15 is 0 Å². The Bertz CT molecular complexity index is 1250. The molecule has 34 heavy (non-hydrogen) atoms. The van der Waals surface area contributed by atoms with Crippen LogP contribution in [0.1, 0.15) is 32.7 Å². The number of hydrogen-bond acceptors (Lipinski definition) is 2. The third-order valence-electron chi connectivity index (χ3n) is 5.19. The van der Waals surface area contributed by atoms with E-state index in [1.807, 2.05) is 0 Å². The summed E-state index contributed by atoms with van der Waals surface area (Å²) in [5.74, 6) is -0.570. The molecule has 0 fully saturated rings. The summed E-state index contributed by atoms with van der Waals surface area (Å²) in [6, 6.07) is 13.2. The Labute approximate surface area is 189 Å². The fourth-order valence-corrected chi connectivity index (χ4v) is 3.60. The number of aromatic amines is 1. The van der Waals surface area contributed by atoms with Crippen LogP contribution in [0.2, 0.25) is 0 Å². The van der Waals surface area contributed by atoms with Crippen molar-refractivity contribution >= 4 is 16.8 Å². The Morgan fingerprint density at radius 3 is 1.97 bits per heavy atom. The number of pyridine rings is 1. The molecule has 0 aliphatic carbocycles. The number of carbonyl (C=O) groups excluding carboxylic acids is 1. The first-order valence-corrected chi connectivity index (χ1v) is 10.0. The van der Waals surface area contributed by atoms with E-state index in [-0.39, 0.29) is 23.9 Å². The zero-order valence-electron chi connectivity index (χ0n) is 17.4. The van der Waals surface area contributed by atoms with Crippen LogP contribution in [0.25, 0.3) is 10.9 Å². The highest BCUT2D eigenvalue weighted by Gasteiger charge is 2.37. The summed E-state index contributed by atoms with van der Waals surface area (Å²) in [5, 5.41) is 0.744. The summed E-state index contributed by atoms with van der Waals surface area (Å²) < 4.78 is 79.8. The first-order chi connectivity index (χ1) is 16.0. The standard InChI is InChI=1S/C24H17F6N3O/c25-23(26,27)18-9-16(10-19(12-18)24(28,29)30)14-33(13-15-5-7-31-8-6-15)22(34)21-11-17-3-1-2-4-20(17)32-21/h1-12,32H,13-14H2. The molecule has 4 aromatic rings. The van der Waals surface area contributed by atoms with Crippen molar-refractivity contribution < 1.29 is 31.1 Å². The molecule has 0 atom stereocenters. The summed E-state index contributed by atoms with van der Waals surface area (Å²) in [5.41, 5.74) is -1.70. The predicted octanol–water partition coefficient (Wildman–Crippen LogP) is 6.44. The van der Waals surface area contributed by atoms with Gasteiger partial charge in [0, 0.05) is 36.4 Å². The highest BCUT2D eigenvalue weighted by Crippen LogP contribution is 2.36. The van der Waals surface area contributed by atoms with E-state index in [9.17, 15) is 31.1 Å². The van der Waals surface area contributed by atoms with Crippen LogP contribution in [0.4, 0.5) is 26.3 Å².